The first-order valence-electron chi connectivity index (χ1n) is 8.49. The number of hydrogen-bond donors (Lipinski definition) is 1. The summed E-state index contributed by atoms with van der Waals surface area (Å²) < 4.78 is 13.0. The molecule has 0 saturated carbocycles. The van der Waals surface area contributed by atoms with Gasteiger partial charge in [-0.3, -0.25) is 9.36 Å². The number of carbonyl (C=O) groups is 1. The van der Waals surface area contributed by atoms with Crippen LogP contribution in [0.5, 0.6) is 0 Å². The normalized spacial score (nSPS) is 19.2. The van der Waals surface area contributed by atoms with E-state index in [1.807, 2.05) is 60.9 Å². The molecule has 0 spiro atoms. The van der Waals surface area contributed by atoms with Gasteiger partial charge >= 0.3 is 0 Å². The van der Waals surface area contributed by atoms with Crippen molar-refractivity contribution in [3.05, 3.63) is 59.8 Å². The van der Waals surface area contributed by atoms with Gasteiger partial charge in [0.05, 0.1) is 13.2 Å². The summed E-state index contributed by atoms with van der Waals surface area (Å²) in [6, 6.07) is 13.5. The molecule has 0 fully saturated rings. The molecule has 1 aliphatic heterocycles. The Morgan fingerprint density at radius 2 is 2.04 bits per heavy atom. The maximum atomic E-state index is 13.0. The molecular weight excluding hydrogens is 332 g/mol. The number of fused-ring (bicyclic) bond motifs is 1. The van der Waals surface area contributed by atoms with Crippen LogP contribution in [0.4, 0.5) is 0 Å². The second kappa shape index (κ2) is 6.42. The van der Waals surface area contributed by atoms with Crippen LogP contribution in [0.25, 0.3) is 11.4 Å². The summed E-state index contributed by atoms with van der Waals surface area (Å²) in [6.07, 6.45) is 0. The molecule has 26 heavy (non-hydrogen) atoms. The second-order valence-corrected chi connectivity index (χ2v) is 6.60. The third-order valence-electron chi connectivity index (χ3n) is 4.58. The molecule has 1 aliphatic rings. The van der Waals surface area contributed by atoms with E-state index in [0.717, 1.165) is 11.3 Å². The number of aromatic nitrogens is 3. The lowest BCUT2D eigenvalue weighted by molar-refractivity contribution is -0.135. The van der Waals surface area contributed by atoms with Gasteiger partial charge in [0.1, 0.15) is 23.7 Å². The molecule has 1 unspecified atom stereocenters. The topological polar surface area (TPSA) is 82.2 Å². The van der Waals surface area contributed by atoms with Gasteiger partial charge < -0.3 is 14.5 Å². The van der Waals surface area contributed by atoms with E-state index < -0.39 is 5.54 Å². The summed E-state index contributed by atoms with van der Waals surface area (Å²) in [4.78, 5) is 13.0. The molecule has 2 aromatic heterocycles. The van der Waals surface area contributed by atoms with Crippen molar-refractivity contribution in [3.8, 4) is 11.4 Å². The fraction of sp³-hybridized carbons (Fsp3) is 0.316. The van der Waals surface area contributed by atoms with Crippen LogP contribution in [0.15, 0.2) is 46.9 Å². The Morgan fingerprint density at radius 3 is 2.77 bits per heavy atom. The number of nitrogens with zero attached hydrogens (tertiary/aromatic N) is 3. The highest BCUT2D eigenvalue weighted by molar-refractivity contribution is 5.85. The predicted molar refractivity (Wildman–Crippen MR) is 94.1 cm³/mol. The lowest BCUT2D eigenvalue weighted by Crippen LogP contribution is -2.52. The largest absolute Gasteiger partial charge is 0.465 e. The molecule has 1 aromatic carbocycles. The standard InChI is InChI=1S/C19H20N4O3/c1-13-8-9-15(26-13)10-20-18(24)19(2)12-25-11-16-21-22-17(23(16)19)14-6-4-3-5-7-14/h3-9H,10-12H2,1-2H3,(H,20,24). The van der Waals surface area contributed by atoms with Crippen molar-refractivity contribution in [1.82, 2.24) is 20.1 Å². The highest BCUT2D eigenvalue weighted by Crippen LogP contribution is 2.31. The van der Waals surface area contributed by atoms with Crippen LogP contribution in [0.2, 0.25) is 0 Å². The molecule has 3 aromatic rings. The van der Waals surface area contributed by atoms with Crippen LogP contribution in [-0.2, 0) is 28.2 Å². The van der Waals surface area contributed by atoms with E-state index in [9.17, 15) is 4.79 Å². The Kier molecular flexibility index (Phi) is 4.08. The van der Waals surface area contributed by atoms with E-state index in [2.05, 4.69) is 15.5 Å². The summed E-state index contributed by atoms with van der Waals surface area (Å²) >= 11 is 0. The molecule has 7 nitrogen and oxygen atoms in total. The molecular formula is C19H20N4O3. The Bertz CT molecular complexity index is 931. The fourth-order valence-corrected chi connectivity index (χ4v) is 3.21. The highest BCUT2D eigenvalue weighted by atomic mass is 16.5. The fourth-order valence-electron chi connectivity index (χ4n) is 3.21. The van der Waals surface area contributed by atoms with Crippen molar-refractivity contribution in [3.63, 3.8) is 0 Å². The van der Waals surface area contributed by atoms with Crippen molar-refractivity contribution in [2.24, 2.45) is 0 Å². The predicted octanol–water partition coefficient (Wildman–Crippen LogP) is 2.41. The second-order valence-electron chi connectivity index (χ2n) is 6.60. The maximum Gasteiger partial charge on any atom is 0.248 e. The van der Waals surface area contributed by atoms with Gasteiger partial charge in [0.2, 0.25) is 5.91 Å². The SMILES string of the molecule is Cc1ccc(CNC(=O)C2(C)COCc3nnc(-c4ccccc4)n32)o1. The summed E-state index contributed by atoms with van der Waals surface area (Å²) in [5.74, 6) is 2.67. The number of nitrogens with one attached hydrogen (secondary N) is 1. The van der Waals surface area contributed by atoms with E-state index in [1.165, 1.54) is 0 Å². The van der Waals surface area contributed by atoms with E-state index in [-0.39, 0.29) is 12.5 Å². The van der Waals surface area contributed by atoms with Crippen LogP contribution in [0.1, 0.15) is 24.3 Å². The number of benzene rings is 1. The molecule has 0 saturated heterocycles. The van der Waals surface area contributed by atoms with E-state index >= 15 is 0 Å². The van der Waals surface area contributed by atoms with Crippen molar-refractivity contribution in [2.75, 3.05) is 6.61 Å². The molecule has 1 amide bonds. The summed E-state index contributed by atoms with van der Waals surface area (Å²) in [5, 5.41) is 11.5. The first-order valence-corrected chi connectivity index (χ1v) is 8.49. The number of amides is 1. The molecule has 1 N–H and O–H groups in total. The Balaban J connectivity index is 1.65. The zero-order valence-corrected chi connectivity index (χ0v) is 14.7. The molecule has 134 valence electrons. The van der Waals surface area contributed by atoms with Crippen LogP contribution in [-0.4, -0.2) is 27.3 Å². The van der Waals surface area contributed by atoms with Crippen molar-refractivity contribution in [2.45, 2.75) is 32.5 Å². The number of hydrogen-bond acceptors (Lipinski definition) is 5. The van der Waals surface area contributed by atoms with E-state index in [0.29, 0.717) is 30.6 Å². The van der Waals surface area contributed by atoms with Gasteiger partial charge in [-0.15, -0.1) is 10.2 Å². The van der Waals surface area contributed by atoms with Gasteiger partial charge in [0.25, 0.3) is 0 Å². The van der Waals surface area contributed by atoms with Crippen LogP contribution in [0, 0.1) is 6.92 Å². The molecule has 0 aliphatic carbocycles. The first-order chi connectivity index (χ1) is 12.6. The third kappa shape index (κ3) is 2.80. The number of carbonyl (C=O) groups excluding carboxylic acids is 1. The number of furan rings is 1. The van der Waals surface area contributed by atoms with Gasteiger partial charge in [-0.1, -0.05) is 30.3 Å². The Morgan fingerprint density at radius 1 is 1.23 bits per heavy atom. The third-order valence-corrected chi connectivity index (χ3v) is 4.58. The van der Waals surface area contributed by atoms with Gasteiger partial charge in [-0.05, 0) is 26.0 Å². The van der Waals surface area contributed by atoms with E-state index in [4.69, 9.17) is 9.15 Å². The number of aryl methyl sites for hydroxylation is 1. The van der Waals surface area contributed by atoms with Gasteiger partial charge in [-0.25, -0.2) is 0 Å². The minimum absolute atomic E-state index is 0.163. The summed E-state index contributed by atoms with van der Waals surface area (Å²) in [6.45, 7) is 4.62. The maximum absolute atomic E-state index is 13.0. The monoisotopic (exact) mass is 352 g/mol. The van der Waals surface area contributed by atoms with Gasteiger partial charge in [0.15, 0.2) is 11.6 Å². The van der Waals surface area contributed by atoms with Crippen molar-refractivity contribution >= 4 is 5.91 Å². The number of rotatable bonds is 4. The Hall–Kier alpha value is -2.93. The average molecular weight is 352 g/mol. The molecule has 1 atom stereocenters. The summed E-state index contributed by atoms with van der Waals surface area (Å²) in [7, 11) is 0. The summed E-state index contributed by atoms with van der Waals surface area (Å²) in [5.41, 5.74) is -0.0296. The van der Waals surface area contributed by atoms with Gasteiger partial charge in [-0.2, -0.15) is 0 Å². The van der Waals surface area contributed by atoms with Crippen LogP contribution in [0.3, 0.4) is 0 Å². The zero-order valence-electron chi connectivity index (χ0n) is 14.7. The highest BCUT2D eigenvalue weighted by Gasteiger charge is 2.42. The molecule has 0 bridgehead atoms. The lowest BCUT2D eigenvalue weighted by atomic mass is 9.99. The van der Waals surface area contributed by atoms with Crippen molar-refractivity contribution in [1.29, 1.82) is 0 Å². The molecule has 0 radical (unpaired) electrons. The van der Waals surface area contributed by atoms with Crippen LogP contribution >= 0.6 is 0 Å². The lowest BCUT2D eigenvalue weighted by Gasteiger charge is -2.35. The molecule has 4 rings (SSSR count). The average Bonchev–Trinajstić information content (AvgIpc) is 3.27. The van der Waals surface area contributed by atoms with E-state index in [1.54, 1.807) is 0 Å². The zero-order chi connectivity index (χ0) is 18.1. The minimum atomic E-state index is -0.941. The van der Waals surface area contributed by atoms with Crippen molar-refractivity contribution < 1.29 is 13.9 Å². The van der Waals surface area contributed by atoms with Gasteiger partial charge in [0, 0.05) is 5.56 Å². The van der Waals surface area contributed by atoms with Crippen LogP contribution < -0.4 is 5.32 Å². The quantitative estimate of drug-likeness (QED) is 0.780. The smallest absolute Gasteiger partial charge is 0.248 e. The molecule has 3 heterocycles. The Labute approximate surface area is 151 Å². The molecule has 7 heteroatoms. The number of ether oxygens (including phenoxy) is 1. The first kappa shape index (κ1) is 16.5. The minimum Gasteiger partial charge on any atom is -0.465 e.